The summed E-state index contributed by atoms with van der Waals surface area (Å²) in [7, 11) is 1.44. The Hall–Kier alpha value is -1.66. The smallest absolute Gasteiger partial charge is 0.257 e. The summed E-state index contributed by atoms with van der Waals surface area (Å²) in [6, 6.07) is 4.14. The van der Waals surface area contributed by atoms with Crippen LogP contribution in [-0.4, -0.2) is 54.4 Å². The third-order valence-electron chi connectivity index (χ3n) is 3.38. The molecule has 0 aliphatic carbocycles. The van der Waals surface area contributed by atoms with E-state index in [-0.39, 0.29) is 18.7 Å². The minimum absolute atomic E-state index is 0.00908. The van der Waals surface area contributed by atoms with Crippen LogP contribution in [0.5, 0.6) is 5.75 Å². The van der Waals surface area contributed by atoms with E-state index in [1.54, 1.807) is 6.07 Å². The van der Waals surface area contributed by atoms with Crippen LogP contribution >= 0.6 is 0 Å². The minimum atomic E-state index is -0.621. The van der Waals surface area contributed by atoms with Gasteiger partial charge in [-0.25, -0.2) is 4.39 Å². The maximum Gasteiger partial charge on any atom is 0.257 e. The van der Waals surface area contributed by atoms with Crippen LogP contribution in [0.4, 0.5) is 4.39 Å². The molecule has 1 heterocycles. The van der Waals surface area contributed by atoms with Gasteiger partial charge in [-0.15, -0.1) is 0 Å². The van der Waals surface area contributed by atoms with Crippen LogP contribution in [0.1, 0.15) is 24.2 Å². The Morgan fingerprint density at radius 2 is 2.29 bits per heavy atom. The Morgan fingerprint density at radius 1 is 1.57 bits per heavy atom. The maximum absolute atomic E-state index is 14.0. The number of methoxy groups -OCH3 is 1. The fourth-order valence-electron chi connectivity index (χ4n) is 2.51. The fourth-order valence-corrected chi connectivity index (χ4v) is 2.51. The number of halogens is 1. The van der Waals surface area contributed by atoms with Crippen LogP contribution in [0.2, 0.25) is 0 Å². The van der Waals surface area contributed by atoms with Crippen molar-refractivity contribution in [3.05, 3.63) is 29.6 Å². The summed E-state index contributed by atoms with van der Waals surface area (Å²) < 4.78 is 24.6. The second kappa shape index (κ2) is 5.99. The molecule has 1 amide bonds. The topological polar surface area (TPSA) is 59.0 Å². The molecule has 116 valence electrons. The van der Waals surface area contributed by atoms with E-state index in [0.717, 1.165) is 0 Å². The largest absolute Gasteiger partial charge is 0.497 e. The zero-order chi connectivity index (χ0) is 15.6. The SMILES string of the molecule is COc1ccc(C(=O)N2CC(CO)OC(C)(C)C2)c(F)c1. The standard InChI is InChI=1S/C15H20FNO4/c1-15(2)9-17(7-11(8-18)21-15)14(19)12-5-4-10(20-3)6-13(12)16/h4-6,11,18H,7-9H2,1-3H3. The van der Waals surface area contributed by atoms with Gasteiger partial charge in [-0.1, -0.05) is 0 Å². The number of rotatable bonds is 3. The van der Waals surface area contributed by atoms with Crippen molar-refractivity contribution in [3.8, 4) is 5.75 Å². The third-order valence-corrected chi connectivity index (χ3v) is 3.38. The number of carbonyl (C=O) groups is 1. The molecule has 0 aromatic heterocycles. The van der Waals surface area contributed by atoms with Crippen LogP contribution in [0.15, 0.2) is 18.2 Å². The predicted molar refractivity (Wildman–Crippen MR) is 74.9 cm³/mol. The van der Waals surface area contributed by atoms with E-state index in [9.17, 15) is 14.3 Å². The van der Waals surface area contributed by atoms with Crippen molar-refractivity contribution in [1.82, 2.24) is 4.90 Å². The highest BCUT2D eigenvalue weighted by molar-refractivity contribution is 5.94. The number of nitrogens with zero attached hydrogens (tertiary/aromatic N) is 1. The summed E-state index contributed by atoms with van der Waals surface area (Å²) in [5.41, 5.74) is -0.588. The Labute approximate surface area is 123 Å². The zero-order valence-electron chi connectivity index (χ0n) is 12.4. The molecule has 1 saturated heterocycles. The van der Waals surface area contributed by atoms with E-state index in [4.69, 9.17) is 9.47 Å². The monoisotopic (exact) mass is 297 g/mol. The zero-order valence-corrected chi connectivity index (χ0v) is 12.4. The van der Waals surface area contributed by atoms with E-state index in [1.807, 2.05) is 13.8 Å². The molecule has 1 N–H and O–H groups in total. The number of aliphatic hydroxyl groups excluding tert-OH is 1. The molecule has 1 aromatic carbocycles. The van der Waals surface area contributed by atoms with Crippen molar-refractivity contribution in [1.29, 1.82) is 0 Å². The van der Waals surface area contributed by atoms with Crippen molar-refractivity contribution in [2.75, 3.05) is 26.8 Å². The van der Waals surface area contributed by atoms with E-state index in [2.05, 4.69) is 0 Å². The number of carbonyl (C=O) groups excluding carboxylic acids is 1. The summed E-state index contributed by atoms with van der Waals surface area (Å²) >= 11 is 0. The first-order valence-corrected chi connectivity index (χ1v) is 6.78. The van der Waals surface area contributed by atoms with Gasteiger partial charge in [-0.3, -0.25) is 4.79 Å². The van der Waals surface area contributed by atoms with E-state index in [1.165, 1.54) is 24.1 Å². The van der Waals surface area contributed by atoms with Gasteiger partial charge < -0.3 is 19.5 Å². The molecule has 5 nitrogen and oxygen atoms in total. The first-order chi connectivity index (χ1) is 9.86. The lowest BCUT2D eigenvalue weighted by Crippen LogP contribution is -2.55. The molecular weight excluding hydrogens is 277 g/mol. The summed E-state index contributed by atoms with van der Waals surface area (Å²) in [4.78, 5) is 14.0. The summed E-state index contributed by atoms with van der Waals surface area (Å²) in [6.07, 6.45) is -0.459. The van der Waals surface area contributed by atoms with Crippen LogP contribution in [0, 0.1) is 5.82 Å². The van der Waals surface area contributed by atoms with Gasteiger partial charge in [0.1, 0.15) is 11.6 Å². The first-order valence-electron chi connectivity index (χ1n) is 6.78. The highest BCUT2D eigenvalue weighted by atomic mass is 19.1. The lowest BCUT2D eigenvalue weighted by atomic mass is 10.0. The second-order valence-electron chi connectivity index (χ2n) is 5.71. The van der Waals surface area contributed by atoms with Crippen LogP contribution in [0.25, 0.3) is 0 Å². The Bertz CT molecular complexity index is 532. The van der Waals surface area contributed by atoms with Crippen molar-refractivity contribution in [2.45, 2.75) is 25.6 Å². The molecule has 0 bridgehead atoms. The number of amides is 1. The van der Waals surface area contributed by atoms with E-state index >= 15 is 0 Å². The number of benzene rings is 1. The predicted octanol–water partition coefficient (Wildman–Crippen LogP) is 1.45. The Kier molecular flexibility index (Phi) is 4.49. The molecule has 1 unspecified atom stereocenters. The first kappa shape index (κ1) is 15.7. The number of ether oxygens (including phenoxy) is 2. The second-order valence-corrected chi connectivity index (χ2v) is 5.71. The van der Waals surface area contributed by atoms with Crippen molar-refractivity contribution in [3.63, 3.8) is 0 Å². The summed E-state index contributed by atoms with van der Waals surface area (Å²) in [5, 5.41) is 9.26. The quantitative estimate of drug-likeness (QED) is 0.917. The van der Waals surface area contributed by atoms with Crippen molar-refractivity contribution in [2.24, 2.45) is 0 Å². The maximum atomic E-state index is 14.0. The van der Waals surface area contributed by atoms with Crippen LogP contribution < -0.4 is 4.74 Å². The third kappa shape index (κ3) is 3.51. The van der Waals surface area contributed by atoms with Gasteiger partial charge in [0.15, 0.2) is 0 Å². The van der Waals surface area contributed by atoms with Gasteiger partial charge in [0.05, 0.1) is 31.0 Å². The summed E-state index contributed by atoms with van der Waals surface area (Å²) in [5.74, 6) is -0.672. The Balaban J connectivity index is 2.22. The molecule has 6 heteroatoms. The molecule has 2 rings (SSSR count). The van der Waals surface area contributed by atoms with Gasteiger partial charge >= 0.3 is 0 Å². The molecule has 1 aromatic rings. The number of aliphatic hydroxyl groups is 1. The molecule has 1 aliphatic heterocycles. The van der Waals surface area contributed by atoms with Gasteiger partial charge in [0, 0.05) is 19.2 Å². The van der Waals surface area contributed by atoms with Crippen LogP contribution in [0.3, 0.4) is 0 Å². The number of morpholine rings is 1. The molecule has 1 atom stereocenters. The average Bonchev–Trinajstić information content (AvgIpc) is 2.44. The van der Waals surface area contributed by atoms with E-state index < -0.39 is 23.4 Å². The lowest BCUT2D eigenvalue weighted by Gasteiger charge is -2.42. The molecular formula is C15H20FNO4. The molecule has 1 aliphatic rings. The van der Waals surface area contributed by atoms with Gasteiger partial charge in [-0.05, 0) is 26.0 Å². The molecule has 1 fully saturated rings. The van der Waals surface area contributed by atoms with Gasteiger partial charge in [0.25, 0.3) is 5.91 Å². The summed E-state index contributed by atoms with van der Waals surface area (Å²) in [6.45, 7) is 4.06. The van der Waals surface area contributed by atoms with Gasteiger partial charge in [0.2, 0.25) is 0 Å². The fraction of sp³-hybridized carbons (Fsp3) is 0.533. The molecule has 0 saturated carbocycles. The highest BCUT2D eigenvalue weighted by Gasteiger charge is 2.36. The molecule has 0 radical (unpaired) electrons. The van der Waals surface area contributed by atoms with Crippen molar-refractivity contribution >= 4 is 5.91 Å². The molecule has 0 spiro atoms. The van der Waals surface area contributed by atoms with Gasteiger partial charge in [-0.2, -0.15) is 0 Å². The lowest BCUT2D eigenvalue weighted by molar-refractivity contribution is -0.139. The normalized spacial score (nSPS) is 21.2. The number of hydrogen-bond donors (Lipinski definition) is 1. The molecule has 21 heavy (non-hydrogen) atoms. The van der Waals surface area contributed by atoms with Crippen molar-refractivity contribution < 1.29 is 23.8 Å². The number of hydrogen-bond acceptors (Lipinski definition) is 4. The highest BCUT2D eigenvalue weighted by Crippen LogP contribution is 2.24. The Morgan fingerprint density at radius 3 is 2.86 bits per heavy atom. The average molecular weight is 297 g/mol. The van der Waals surface area contributed by atoms with E-state index in [0.29, 0.717) is 12.3 Å². The minimum Gasteiger partial charge on any atom is -0.497 e. The van der Waals surface area contributed by atoms with Crippen LogP contribution in [-0.2, 0) is 4.74 Å².